The average molecular weight is 842 g/mol. The summed E-state index contributed by atoms with van der Waals surface area (Å²) < 4.78 is 35.3. The molecule has 324 valence electrons. The molecule has 2 aromatic rings. The third kappa shape index (κ3) is 9.92. The minimum atomic E-state index is -1.15. The summed E-state index contributed by atoms with van der Waals surface area (Å²) in [7, 11) is 1.57. The van der Waals surface area contributed by atoms with E-state index in [4.69, 9.17) is 45.0 Å². The van der Waals surface area contributed by atoms with E-state index in [9.17, 15) is 24.3 Å². The van der Waals surface area contributed by atoms with Crippen molar-refractivity contribution in [3.05, 3.63) is 23.2 Å². The van der Waals surface area contributed by atoms with Gasteiger partial charge in [-0.25, -0.2) is 4.98 Å². The number of carbonyl (C=O) groups is 4. The van der Waals surface area contributed by atoms with Crippen LogP contribution in [0.5, 0.6) is 17.4 Å². The Bertz CT molecular complexity index is 1870. The van der Waals surface area contributed by atoms with Gasteiger partial charge in [0, 0.05) is 51.0 Å². The molecular formula is C44H60ClN3O11. The molecule has 1 unspecified atom stereocenters. The number of fused-ring (bicyclic) bond motifs is 2. The van der Waals surface area contributed by atoms with Gasteiger partial charge in [-0.15, -0.1) is 0 Å². The summed E-state index contributed by atoms with van der Waals surface area (Å²) in [4.78, 5) is 63.5. The quantitative estimate of drug-likeness (QED) is 0.133. The van der Waals surface area contributed by atoms with E-state index in [1.54, 1.807) is 19.2 Å². The number of ketones is 1. The highest BCUT2D eigenvalue weighted by atomic mass is 35.5. The minimum Gasteiger partial charge on any atom is -0.491 e. The van der Waals surface area contributed by atoms with Gasteiger partial charge >= 0.3 is 11.9 Å². The van der Waals surface area contributed by atoms with Gasteiger partial charge in [-0.05, 0) is 61.0 Å². The van der Waals surface area contributed by atoms with Crippen LogP contribution in [-0.2, 0) is 33.4 Å². The molecule has 14 nitrogen and oxygen atoms in total. The number of hydrogen-bond acceptors (Lipinski definition) is 12. The normalized spacial score (nSPS) is 28.2. The number of ether oxygens (including phenoxy) is 6. The molecule has 15 heteroatoms. The van der Waals surface area contributed by atoms with Crippen LogP contribution in [0.1, 0.15) is 79.1 Å². The first-order valence-electron chi connectivity index (χ1n) is 21.3. The van der Waals surface area contributed by atoms with E-state index in [-0.39, 0.29) is 67.0 Å². The summed E-state index contributed by atoms with van der Waals surface area (Å²) in [5.41, 5.74) is -1.41. The standard InChI is InChI=1S/C44H60ClN3O11/c1-6-28-23-44(28,42(52)53)24-34(49)33-20-30(25-48(33)41(51)32(43(2,3)4)21-38(50)59-29-18-26-17-27(26)19-29)58-36-22-37(57-16-15-54-5)46-40-31(36)7-8-35(39(40)45)56-14-11-47-9-12-55-13-10-47/h7-8,22,26-30,32-33H,6,9-21,23-25H2,1-5H3,(H,52,53)/t26-,27+,28-,29?,30-,32-,33+,44-/m1/s1. The molecule has 3 aliphatic carbocycles. The smallest absolute Gasteiger partial charge is 0.310 e. The lowest BCUT2D eigenvalue weighted by molar-refractivity contribution is -0.157. The number of carboxylic acid groups (broad SMARTS) is 1. The van der Waals surface area contributed by atoms with Crippen molar-refractivity contribution in [2.75, 3.05) is 66.3 Å². The molecule has 1 N–H and O–H groups in total. The maximum absolute atomic E-state index is 14.8. The van der Waals surface area contributed by atoms with Crippen molar-refractivity contribution < 1.29 is 52.7 Å². The van der Waals surface area contributed by atoms with Crippen LogP contribution in [0.4, 0.5) is 0 Å². The fourth-order valence-electron chi connectivity index (χ4n) is 9.44. The van der Waals surface area contributed by atoms with Crippen molar-refractivity contribution in [1.82, 2.24) is 14.8 Å². The number of morpholine rings is 1. The number of esters is 1. The van der Waals surface area contributed by atoms with E-state index in [0.717, 1.165) is 25.9 Å². The number of nitrogens with zero attached hydrogens (tertiary/aromatic N) is 3. The molecule has 1 aromatic carbocycles. The Kier molecular flexibility index (Phi) is 13.3. The molecule has 2 saturated heterocycles. The van der Waals surface area contributed by atoms with Gasteiger partial charge in [0.2, 0.25) is 11.8 Å². The molecule has 0 bridgehead atoms. The van der Waals surface area contributed by atoms with E-state index in [2.05, 4.69) is 4.90 Å². The zero-order chi connectivity index (χ0) is 42.1. The summed E-state index contributed by atoms with van der Waals surface area (Å²) in [6.45, 7) is 12.4. The van der Waals surface area contributed by atoms with Crippen molar-refractivity contribution in [2.45, 2.75) is 97.3 Å². The van der Waals surface area contributed by atoms with Gasteiger partial charge in [-0.1, -0.05) is 45.7 Å². The highest BCUT2D eigenvalue weighted by Gasteiger charge is 2.61. The molecule has 5 fully saturated rings. The number of carbonyl (C=O) groups excluding carboxylic acids is 3. The van der Waals surface area contributed by atoms with E-state index in [0.29, 0.717) is 80.1 Å². The molecule has 3 heterocycles. The van der Waals surface area contributed by atoms with E-state index < -0.39 is 40.8 Å². The van der Waals surface area contributed by atoms with Crippen LogP contribution >= 0.6 is 11.6 Å². The summed E-state index contributed by atoms with van der Waals surface area (Å²) in [6.07, 6.45) is 3.01. The number of hydrogen-bond donors (Lipinski definition) is 1. The third-order valence-corrected chi connectivity index (χ3v) is 13.6. The first kappa shape index (κ1) is 43.4. The second kappa shape index (κ2) is 18.1. The predicted octanol–water partition coefficient (Wildman–Crippen LogP) is 5.83. The number of carboxylic acids is 1. The minimum absolute atomic E-state index is 0.0419. The van der Waals surface area contributed by atoms with E-state index >= 15 is 0 Å². The van der Waals surface area contributed by atoms with E-state index in [1.807, 2.05) is 33.8 Å². The van der Waals surface area contributed by atoms with Crippen LogP contribution in [0.15, 0.2) is 18.2 Å². The van der Waals surface area contributed by atoms with Crippen LogP contribution in [-0.4, -0.2) is 128 Å². The lowest BCUT2D eigenvalue weighted by Crippen LogP contribution is -2.48. The second-order valence-electron chi connectivity index (χ2n) is 18.2. The molecule has 1 aromatic heterocycles. The topological polar surface area (TPSA) is 163 Å². The van der Waals surface area contributed by atoms with Gasteiger partial charge in [0.05, 0.1) is 50.2 Å². The molecule has 2 aliphatic heterocycles. The van der Waals surface area contributed by atoms with Gasteiger partial charge in [0.15, 0.2) is 5.78 Å². The van der Waals surface area contributed by atoms with Crippen LogP contribution in [0.25, 0.3) is 10.9 Å². The molecule has 0 spiro atoms. The van der Waals surface area contributed by atoms with Crippen LogP contribution in [0.2, 0.25) is 5.02 Å². The van der Waals surface area contributed by atoms with Crippen molar-refractivity contribution in [3.63, 3.8) is 0 Å². The van der Waals surface area contributed by atoms with E-state index in [1.165, 1.54) is 11.3 Å². The number of pyridine rings is 1. The molecule has 7 rings (SSSR count). The fraction of sp³-hybridized carbons (Fsp3) is 0.705. The van der Waals surface area contributed by atoms with Gasteiger partial charge < -0.3 is 38.4 Å². The Balaban J connectivity index is 1.14. The number of benzene rings is 1. The largest absolute Gasteiger partial charge is 0.491 e. The van der Waals surface area contributed by atoms with Gasteiger partial charge in [0.1, 0.15) is 47.5 Å². The summed E-state index contributed by atoms with van der Waals surface area (Å²) in [6, 6.07) is 4.29. The Morgan fingerprint density at radius 3 is 2.41 bits per heavy atom. The Hall–Kier alpha value is -3.72. The first-order chi connectivity index (χ1) is 28.2. The first-order valence-corrected chi connectivity index (χ1v) is 21.7. The number of Topliss-reactive ketones (excluding diaryl/α,β-unsaturated/α-hetero) is 1. The molecule has 3 saturated carbocycles. The van der Waals surface area contributed by atoms with Gasteiger partial charge in [-0.2, -0.15) is 0 Å². The average Bonchev–Trinajstić information content (AvgIpc) is 4.01. The maximum atomic E-state index is 14.8. The highest BCUT2D eigenvalue weighted by Crippen LogP contribution is 2.58. The molecule has 59 heavy (non-hydrogen) atoms. The number of likely N-dealkylation sites (tertiary alicyclic amines) is 1. The zero-order valence-corrected chi connectivity index (χ0v) is 35.8. The van der Waals surface area contributed by atoms with Crippen LogP contribution in [0, 0.1) is 34.5 Å². The van der Waals surface area contributed by atoms with Crippen molar-refractivity contribution >= 4 is 46.1 Å². The molecule has 8 atom stereocenters. The number of halogens is 1. The van der Waals surface area contributed by atoms with Crippen LogP contribution in [0.3, 0.4) is 0 Å². The summed E-state index contributed by atoms with van der Waals surface area (Å²) in [5.74, 6) is -0.645. The summed E-state index contributed by atoms with van der Waals surface area (Å²) in [5, 5.41) is 11.1. The van der Waals surface area contributed by atoms with Gasteiger partial charge in [-0.3, -0.25) is 24.1 Å². The Morgan fingerprint density at radius 2 is 1.75 bits per heavy atom. The molecule has 0 radical (unpaired) electrons. The molecular weight excluding hydrogens is 782 g/mol. The lowest BCUT2D eigenvalue weighted by Gasteiger charge is -2.35. The zero-order valence-electron chi connectivity index (χ0n) is 35.0. The number of aliphatic carboxylic acids is 1. The second-order valence-corrected chi connectivity index (χ2v) is 18.6. The van der Waals surface area contributed by atoms with Crippen LogP contribution < -0.4 is 14.2 Å². The highest BCUT2D eigenvalue weighted by molar-refractivity contribution is 6.36. The molecule has 1 amide bonds. The third-order valence-electron chi connectivity index (χ3n) is 13.2. The Morgan fingerprint density at radius 1 is 1.00 bits per heavy atom. The number of aromatic nitrogens is 1. The van der Waals surface area contributed by atoms with Crippen molar-refractivity contribution in [3.8, 4) is 17.4 Å². The number of amides is 1. The summed E-state index contributed by atoms with van der Waals surface area (Å²) >= 11 is 6.97. The monoisotopic (exact) mass is 841 g/mol. The SMILES string of the molecule is CC[C@@H]1C[C@]1(CC(=O)[C@@H]1C[C@@H](Oc2cc(OCCOC)nc3c(Cl)c(OCCN4CCOCC4)ccc23)CN1C(=O)[C@@H](CC(=O)OC1C[C@@H]2C[C@@H]2C1)C(C)(C)C)C(=O)O. The van der Waals surface area contributed by atoms with Crippen molar-refractivity contribution in [1.29, 1.82) is 0 Å². The Labute approximate surface area is 351 Å². The number of rotatable bonds is 19. The van der Waals surface area contributed by atoms with Crippen molar-refractivity contribution in [2.24, 2.45) is 34.5 Å². The lowest BCUT2D eigenvalue weighted by atomic mass is 9.77. The maximum Gasteiger partial charge on any atom is 0.310 e. The fourth-order valence-corrected chi connectivity index (χ4v) is 9.70. The number of methoxy groups -OCH3 is 1. The predicted molar refractivity (Wildman–Crippen MR) is 218 cm³/mol. The van der Waals surface area contributed by atoms with Gasteiger partial charge in [0.25, 0.3) is 0 Å². The molecule has 5 aliphatic rings.